The van der Waals surface area contributed by atoms with Crippen LogP contribution in [0.25, 0.3) is 0 Å². The predicted molar refractivity (Wildman–Crippen MR) is 96.4 cm³/mol. The molecule has 0 amide bonds. The summed E-state index contributed by atoms with van der Waals surface area (Å²) in [7, 11) is 0. The summed E-state index contributed by atoms with van der Waals surface area (Å²) in [6, 6.07) is 0. The van der Waals surface area contributed by atoms with Crippen LogP contribution in [0.4, 0.5) is 0 Å². The standard InChI is InChI=1S/C12H20O2.C6H6O2.C2H6/c1-8-3-5-10-9(7-8)4-6-11(13)12(10,2)14;1-2-5-3-4-8-6(5)7;1-2/h9-11,13-14H,1,3-7H2,2H3;2-3H,1,4H2;1-2H3/t9?,10?,11-,12?;;/m1../s1. The molecule has 3 aliphatic rings. The third-order valence-electron chi connectivity index (χ3n) is 5.14. The fraction of sp³-hybridized carbons (Fsp3) is 0.650. The molecule has 0 bridgehead atoms. The van der Waals surface area contributed by atoms with E-state index in [9.17, 15) is 15.0 Å². The van der Waals surface area contributed by atoms with Crippen LogP contribution in [0.1, 0.15) is 52.9 Å². The van der Waals surface area contributed by atoms with Crippen molar-refractivity contribution in [2.45, 2.75) is 64.6 Å². The zero-order chi connectivity index (χ0) is 18.3. The second kappa shape index (κ2) is 9.19. The van der Waals surface area contributed by atoms with E-state index < -0.39 is 11.7 Å². The molecule has 4 heteroatoms. The van der Waals surface area contributed by atoms with E-state index in [1.165, 1.54) is 11.6 Å². The van der Waals surface area contributed by atoms with Crippen LogP contribution in [-0.2, 0) is 9.53 Å². The van der Waals surface area contributed by atoms with E-state index in [1.54, 1.807) is 13.0 Å². The third kappa shape index (κ3) is 4.81. The quantitative estimate of drug-likeness (QED) is 0.568. The highest BCUT2D eigenvalue weighted by molar-refractivity contribution is 5.93. The Morgan fingerprint density at radius 1 is 1.33 bits per heavy atom. The molecule has 0 aromatic heterocycles. The van der Waals surface area contributed by atoms with Gasteiger partial charge < -0.3 is 14.9 Å². The molecule has 2 fully saturated rings. The van der Waals surface area contributed by atoms with Gasteiger partial charge in [-0.2, -0.15) is 0 Å². The highest BCUT2D eigenvalue weighted by Gasteiger charge is 2.47. The van der Waals surface area contributed by atoms with Gasteiger partial charge in [-0.1, -0.05) is 38.7 Å². The summed E-state index contributed by atoms with van der Waals surface area (Å²) < 4.78 is 4.55. The van der Waals surface area contributed by atoms with Gasteiger partial charge in [-0.15, -0.1) is 0 Å². The summed E-state index contributed by atoms with van der Waals surface area (Å²) in [5.74, 6) is 0.561. The molecular weight excluding hydrogens is 304 g/mol. The molecule has 0 spiro atoms. The highest BCUT2D eigenvalue weighted by atomic mass is 16.5. The van der Waals surface area contributed by atoms with Crippen LogP contribution in [0.5, 0.6) is 0 Å². The van der Waals surface area contributed by atoms with Crippen LogP contribution in [0.2, 0.25) is 0 Å². The van der Waals surface area contributed by atoms with E-state index >= 15 is 0 Å². The zero-order valence-corrected chi connectivity index (χ0v) is 15.3. The second-order valence-corrected chi connectivity index (χ2v) is 6.64. The summed E-state index contributed by atoms with van der Waals surface area (Å²) in [6.07, 6.45) is 7.51. The van der Waals surface area contributed by atoms with E-state index in [0.717, 1.165) is 32.1 Å². The van der Waals surface area contributed by atoms with Crippen molar-refractivity contribution in [3.05, 3.63) is 36.5 Å². The van der Waals surface area contributed by atoms with Gasteiger partial charge in [0.05, 0.1) is 17.3 Å². The predicted octanol–water partition coefficient (Wildman–Crippen LogP) is 3.55. The lowest BCUT2D eigenvalue weighted by Gasteiger charge is -2.48. The van der Waals surface area contributed by atoms with Crippen LogP contribution < -0.4 is 0 Å². The number of allylic oxidation sites excluding steroid dienone is 1. The minimum Gasteiger partial charge on any atom is -0.458 e. The number of carbonyl (C=O) groups is 1. The van der Waals surface area contributed by atoms with E-state index in [-0.39, 0.29) is 11.9 Å². The van der Waals surface area contributed by atoms with Crippen molar-refractivity contribution in [2.24, 2.45) is 11.8 Å². The molecule has 0 aromatic rings. The molecule has 2 aliphatic carbocycles. The van der Waals surface area contributed by atoms with Crippen LogP contribution in [0.3, 0.4) is 0 Å². The molecule has 4 nitrogen and oxygen atoms in total. The van der Waals surface area contributed by atoms with Crippen molar-refractivity contribution < 1.29 is 19.7 Å². The van der Waals surface area contributed by atoms with E-state index in [2.05, 4.69) is 17.9 Å². The van der Waals surface area contributed by atoms with Crippen molar-refractivity contribution in [2.75, 3.05) is 6.61 Å². The third-order valence-corrected chi connectivity index (χ3v) is 5.14. The van der Waals surface area contributed by atoms with Gasteiger partial charge in [0.2, 0.25) is 0 Å². The molecule has 3 rings (SSSR count). The molecule has 2 saturated carbocycles. The minimum atomic E-state index is -0.871. The largest absolute Gasteiger partial charge is 0.458 e. The number of hydrogen-bond donors (Lipinski definition) is 2. The van der Waals surface area contributed by atoms with Crippen LogP contribution in [0.15, 0.2) is 36.5 Å². The topological polar surface area (TPSA) is 66.8 Å². The average molecular weight is 336 g/mol. The van der Waals surface area contributed by atoms with Gasteiger partial charge in [0.1, 0.15) is 6.61 Å². The monoisotopic (exact) mass is 336 g/mol. The SMILES string of the molecule is C=C1CCC2C(CC[C@@H](O)C2(C)O)C1.C=CC1=CCOC1=O.CC. The number of aliphatic hydroxyl groups excluding tert-OH is 1. The Hall–Kier alpha value is -1.39. The average Bonchev–Trinajstić information content (AvgIpc) is 2.99. The van der Waals surface area contributed by atoms with Crippen molar-refractivity contribution >= 4 is 5.97 Å². The summed E-state index contributed by atoms with van der Waals surface area (Å²) in [4.78, 5) is 10.4. The first-order chi connectivity index (χ1) is 11.4. The maximum absolute atomic E-state index is 10.4. The maximum atomic E-state index is 10.4. The fourth-order valence-corrected chi connectivity index (χ4v) is 3.73. The summed E-state index contributed by atoms with van der Waals surface area (Å²) >= 11 is 0. The number of esters is 1. The zero-order valence-electron chi connectivity index (χ0n) is 15.3. The van der Waals surface area contributed by atoms with Gasteiger partial charge in [0, 0.05) is 0 Å². The molecule has 0 aromatic carbocycles. The number of carbonyl (C=O) groups excluding carboxylic acids is 1. The van der Waals surface area contributed by atoms with Crippen LogP contribution >= 0.6 is 0 Å². The Kier molecular flexibility index (Phi) is 7.91. The lowest BCUT2D eigenvalue weighted by molar-refractivity contribution is -0.148. The van der Waals surface area contributed by atoms with Gasteiger partial charge in [0.25, 0.3) is 0 Å². The Morgan fingerprint density at radius 2 is 2.00 bits per heavy atom. The molecule has 24 heavy (non-hydrogen) atoms. The molecule has 0 saturated heterocycles. The van der Waals surface area contributed by atoms with Crippen molar-refractivity contribution in [1.29, 1.82) is 0 Å². The van der Waals surface area contributed by atoms with Crippen LogP contribution in [0, 0.1) is 11.8 Å². The summed E-state index contributed by atoms with van der Waals surface area (Å²) in [6.45, 7) is 13.6. The summed E-state index contributed by atoms with van der Waals surface area (Å²) in [5.41, 5.74) is 1.02. The molecule has 1 aliphatic heterocycles. The smallest absolute Gasteiger partial charge is 0.338 e. The number of ether oxygens (including phenoxy) is 1. The van der Waals surface area contributed by atoms with Crippen molar-refractivity contribution in [1.82, 2.24) is 0 Å². The van der Waals surface area contributed by atoms with Gasteiger partial charge in [0.15, 0.2) is 0 Å². The number of fused-ring (bicyclic) bond motifs is 1. The Labute approximate surface area is 145 Å². The van der Waals surface area contributed by atoms with Crippen LogP contribution in [-0.4, -0.2) is 34.5 Å². The Morgan fingerprint density at radius 3 is 2.50 bits per heavy atom. The number of cyclic esters (lactones) is 1. The molecule has 2 N–H and O–H groups in total. The first-order valence-corrected chi connectivity index (χ1v) is 8.93. The number of aliphatic hydroxyl groups is 2. The maximum Gasteiger partial charge on any atom is 0.338 e. The van der Waals surface area contributed by atoms with Crippen molar-refractivity contribution in [3.63, 3.8) is 0 Å². The minimum absolute atomic E-state index is 0.264. The fourth-order valence-electron chi connectivity index (χ4n) is 3.73. The number of hydrogen-bond acceptors (Lipinski definition) is 4. The van der Waals surface area contributed by atoms with E-state index in [0.29, 0.717) is 18.1 Å². The first-order valence-electron chi connectivity index (χ1n) is 8.93. The van der Waals surface area contributed by atoms with Gasteiger partial charge >= 0.3 is 5.97 Å². The molecule has 1 heterocycles. The van der Waals surface area contributed by atoms with Crippen molar-refractivity contribution in [3.8, 4) is 0 Å². The van der Waals surface area contributed by atoms with Gasteiger partial charge in [-0.3, -0.25) is 0 Å². The summed E-state index contributed by atoms with van der Waals surface area (Å²) in [5, 5.41) is 20.0. The molecule has 0 radical (unpaired) electrons. The van der Waals surface area contributed by atoms with E-state index in [1.807, 2.05) is 13.8 Å². The van der Waals surface area contributed by atoms with Gasteiger partial charge in [-0.05, 0) is 56.9 Å². The van der Waals surface area contributed by atoms with E-state index in [4.69, 9.17) is 0 Å². The second-order valence-electron chi connectivity index (χ2n) is 6.64. The lowest BCUT2D eigenvalue weighted by Crippen LogP contribution is -2.53. The normalized spacial score (nSPS) is 34.5. The highest BCUT2D eigenvalue weighted by Crippen LogP contribution is 2.46. The Balaban J connectivity index is 0.000000245. The first kappa shape index (κ1) is 20.7. The molecular formula is C20H32O4. The lowest BCUT2D eigenvalue weighted by atomic mass is 9.62. The Bertz CT molecular complexity index is 490. The van der Waals surface area contributed by atoms with Gasteiger partial charge in [-0.25, -0.2) is 4.79 Å². The molecule has 4 atom stereocenters. The number of rotatable bonds is 1. The molecule has 3 unspecified atom stereocenters. The molecule has 136 valence electrons.